The number of fused-ring (bicyclic) bond motifs is 1. The van der Waals surface area contributed by atoms with E-state index in [1.54, 1.807) is 23.9 Å². The van der Waals surface area contributed by atoms with Gasteiger partial charge in [0.1, 0.15) is 5.02 Å². The van der Waals surface area contributed by atoms with E-state index in [-0.39, 0.29) is 5.56 Å². The Hall–Kier alpha value is -2.60. The Morgan fingerprint density at radius 1 is 1.19 bits per heavy atom. The third-order valence-corrected chi connectivity index (χ3v) is 5.46. The van der Waals surface area contributed by atoms with Crippen molar-refractivity contribution in [1.29, 1.82) is 0 Å². The van der Waals surface area contributed by atoms with Gasteiger partial charge in [-0.25, -0.2) is 4.98 Å². The highest BCUT2D eigenvalue weighted by Gasteiger charge is 2.19. The molecule has 6 nitrogen and oxygen atoms in total. The number of hydrogen-bond acceptors (Lipinski definition) is 5. The van der Waals surface area contributed by atoms with Gasteiger partial charge in [-0.15, -0.1) is 0 Å². The Labute approximate surface area is 162 Å². The Bertz CT molecular complexity index is 1040. The van der Waals surface area contributed by atoms with Crippen molar-refractivity contribution in [3.8, 4) is 0 Å². The molecule has 0 atom stereocenters. The number of benzene rings is 1. The van der Waals surface area contributed by atoms with Crippen LogP contribution in [0.25, 0.3) is 10.9 Å². The van der Waals surface area contributed by atoms with Crippen molar-refractivity contribution >= 4 is 40.0 Å². The van der Waals surface area contributed by atoms with Gasteiger partial charge in [-0.2, -0.15) is 4.98 Å². The molecule has 0 unspecified atom stereocenters. The van der Waals surface area contributed by atoms with E-state index in [0.717, 1.165) is 48.4 Å². The van der Waals surface area contributed by atoms with E-state index in [4.69, 9.17) is 11.6 Å². The van der Waals surface area contributed by atoms with Crippen LogP contribution in [-0.2, 0) is 7.05 Å². The molecule has 27 heavy (non-hydrogen) atoms. The van der Waals surface area contributed by atoms with Crippen molar-refractivity contribution < 1.29 is 0 Å². The molecule has 1 fully saturated rings. The summed E-state index contributed by atoms with van der Waals surface area (Å²) < 4.78 is 1.63. The smallest absolute Gasteiger partial charge is 0.250 e. The normalized spacial score (nSPS) is 15.3. The predicted octanol–water partition coefficient (Wildman–Crippen LogP) is 3.96. The number of nitrogens with one attached hydrogen (secondary N) is 1. The van der Waals surface area contributed by atoms with Gasteiger partial charge in [-0.05, 0) is 43.0 Å². The molecule has 0 aliphatic carbocycles. The molecule has 0 bridgehead atoms. The maximum absolute atomic E-state index is 11.8. The van der Waals surface area contributed by atoms with Crippen LogP contribution in [-0.4, -0.2) is 27.6 Å². The van der Waals surface area contributed by atoms with Crippen LogP contribution in [0.2, 0.25) is 5.02 Å². The maximum Gasteiger partial charge on any atom is 0.250 e. The minimum atomic E-state index is -0.0254. The zero-order chi connectivity index (χ0) is 19.0. The average molecular weight is 384 g/mol. The van der Waals surface area contributed by atoms with Gasteiger partial charge in [0, 0.05) is 37.3 Å². The van der Waals surface area contributed by atoms with Gasteiger partial charge in [0.05, 0.1) is 11.7 Å². The number of nitrogens with zero attached hydrogens (tertiary/aromatic N) is 4. The fraction of sp³-hybridized carbons (Fsp3) is 0.350. The van der Waals surface area contributed by atoms with E-state index in [1.807, 2.05) is 24.3 Å². The number of hydrogen-bond donors (Lipinski definition) is 1. The second kappa shape index (κ2) is 7.19. The Morgan fingerprint density at radius 3 is 2.74 bits per heavy atom. The van der Waals surface area contributed by atoms with E-state index >= 15 is 0 Å². The third kappa shape index (κ3) is 3.62. The topological polar surface area (TPSA) is 63.1 Å². The predicted molar refractivity (Wildman–Crippen MR) is 110 cm³/mol. The number of piperidine rings is 1. The molecular weight excluding hydrogens is 362 g/mol. The molecule has 0 radical (unpaired) electrons. The largest absolute Gasteiger partial charge is 0.341 e. The minimum Gasteiger partial charge on any atom is -0.341 e. The molecule has 7 heteroatoms. The third-order valence-electron chi connectivity index (χ3n) is 5.19. The molecule has 1 aliphatic rings. The highest BCUT2D eigenvalue weighted by atomic mass is 35.5. The van der Waals surface area contributed by atoms with E-state index in [9.17, 15) is 4.79 Å². The summed E-state index contributed by atoms with van der Waals surface area (Å²) in [6.07, 6.45) is 3.95. The van der Waals surface area contributed by atoms with Crippen molar-refractivity contribution in [1.82, 2.24) is 14.5 Å². The number of rotatable bonds is 3. The van der Waals surface area contributed by atoms with Gasteiger partial charge >= 0.3 is 0 Å². The van der Waals surface area contributed by atoms with E-state index < -0.39 is 0 Å². The molecule has 3 heterocycles. The number of halogens is 1. The van der Waals surface area contributed by atoms with Crippen LogP contribution in [0, 0.1) is 5.92 Å². The van der Waals surface area contributed by atoms with Crippen molar-refractivity contribution in [3.05, 3.63) is 51.9 Å². The van der Waals surface area contributed by atoms with Crippen molar-refractivity contribution in [2.45, 2.75) is 19.8 Å². The summed E-state index contributed by atoms with van der Waals surface area (Å²) in [7, 11) is 1.77. The summed E-state index contributed by atoms with van der Waals surface area (Å²) in [6.45, 7) is 4.21. The standard InChI is InChI=1S/C20H22ClN5O/c1-13-7-9-26(10-8-13)20-22-12-16(21)19(24-20)23-15-4-5-17-14(11-15)3-6-18(27)25(17)2/h3-6,11-13H,7-10H2,1-2H3,(H,22,23,24). The quantitative estimate of drug-likeness (QED) is 0.741. The first-order valence-corrected chi connectivity index (χ1v) is 9.53. The van der Waals surface area contributed by atoms with Crippen LogP contribution in [0.15, 0.2) is 41.3 Å². The highest BCUT2D eigenvalue weighted by Crippen LogP contribution is 2.28. The van der Waals surface area contributed by atoms with Gasteiger partial charge in [0.2, 0.25) is 5.95 Å². The van der Waals surface area contributed by atoms with Crippen LogP contribution in [0.1, 0.15) is 19.8 Å². The monoisotopic (exact) mass is 383 g/mol. The fourth-order valence-electron chi connectivity index (χ4n) is 3.41. The van der Waals surface area contributed by atoms with Crippen molar-refractivity contribution in [3.63, 3.8) is 0 Å². The first kappa shape index (κ1) is 17.8. The summed E-state index contributed by atoms with van der Waals surface area (Å²) in [5.41, 5.74) is 1.72. The van der Waals surface area contributed by atoms with Crippen LogP contribution in [0.5, 0.6) is 0 Å². The molecule has 2 aromatic heterocycles. The van der Waals surface area contributed by atoms with Gasteiger partial charge in [-0.1, -0.05) is 18.5 Å². The molecule has 0 spiro atoms. The summed E-state index contributed by atoms with van der Waals surface area (Å²) in [5.74, 6) is 2.04. The first-order chi connectivity index (χ1) is 13.0. The maximum atomic E-state index is 11.8. The van der Waals surface area contributed by atoms with Gasteiger partial charge < -0.3 is 14.8 Å². The van der Waals surface area contributed by atoms with Crippen LogP contribution in [0.4, 0.5) is 17.5 Å². The molecule has 0 saturated carbocycles. The molecule has 4 rings (SSSR count). The zero-order valence-electron chi connectivity index (χ0n) is 15.4. The van der Waals surface area contributed by atoms with Gasteiger partial charge in [0.25, 0.3) is 5.56 Å². The summed E-state index contributed by atoms with van der Waals surface area (Å²) in [4.78, 5) is 23.0. The molecule has 1 N–H and O–H groups in total. The lowest BCUT2D eigenvalue weighted by molar-refractivity contribution is 0.434. The summed E-state index contributed by atoms with van der Waals surface area (Å²) in [5, 5.41) is 4.74. The Balaban J connectivity index is 1.62. The molecule has 1 saturated heterocycles. The molecule has 3 aromatic rings. The highest BCUT2D eigenvalue weighted by molar-refractivity contribution is 6.32. The summed E-state index contributed by atoms with van der Waals surface area (Å²) >= 11 is 6.32. The van der Waals surface area contributed by atoms with Gasteiger partial charge in [-0.3, -0.25) is 4.79 Å². The van der Waals surface area contributed by atoms with Crippen LogP contribution >= 0.6 is 11.6 Å². The zero-order valence-corrected chi connectivity index (χ0v) is 16.2. The lowest BCUT2D eigenvalue weighted by Gasteiger charge is -2.30. The lowest BCUT2D eigenvalue weighted by atomic mass is 10.00. The number of pyridine rings is 1. The van der Waals surface area contributed by atoms with Crippen molar-refractivity contribution in [2.75, 3.05) is 23.3 Å². The van der Waals surface area contributed by atoms with Crippen molar-refractivity contribution in [2.24, 2.45) is 13.0 Å². The van der Waals surface area contributed by atoms with Crippen LogP contribution < -0.4 is 15.8 Å². The molecule has 140 valence electrons. The minimum absolute atomic E-state index is 0.0254. The fourth-order valence-corrected chi connectivity index (χ4v) is 3.54. The second-order valence-electron chi connectivity index (χ2n) is 7.17. The number of anilines is 3. The SMILES string of the molecule is CC1CCN(c2ncc(Cl)c(Nc3ccc4c(ccc(=O)n4C)c3)n2)CC1. The molecular formula is C20H22ClN5O. The Kier molecular flexibility index (Phi) is 4.74. The van der Waals surface area contributed by atoms with E-state index in [1.165, 1.54) is 0 Å². The average Bonchev–Trinajstić information content (AvgIpc) is 2.67. The van der Waals surface area contributed by atoms with Crippen LogP contribution in [0.3, 0.4) is 0 Å². The van der Waals surface area contributed by atoms with E-state index in [0.29, 0.717) is 16.8 Å². The molecule has 1 aromatic carbocycles. The summed E-state index contributed by atoms with van der Waals surface area (Å²) in [6, 6.07) is 9.21. The Morgan fingerprint density at radius 2 is 1.96 bits per heavy atom. The lowest BCUT2D eigenvalue weighted by Crippen LogP contribution is -2.34. The number of aryl methyl sites for hydroxylation is 1. The molecule has 1 aliphatic heterocycles. The van der Waals surface area contributed by atoms with E-state index in [2.05, 4.69) is 27.1 Å². The number of aromatic nitrogens is 3. The second-order valence-corrected chi connectivity index (χ2v) is 7.57. The van der Waals surface area contributed by atoms with Gasteiger partial charge in [0.15, 0.2) is 5.82 Å². The first-order valence-electron chi connectivity index (χ1n) is 9.15. The molecule has 0 amide bonds.